The molecule has 1 amide bonds. The topological polar surface area (TPSA) is 71.5 Å². The van der Waals surface area contributed by atoms with Gasteiger partial charge in [-0.05, 0) is 18.0 Å². The minimum Gasteiger partial charge on any atom is -0.281 e. The van der Waals surface area contributed by atoms with Crippen molar-refractivity contribution in [1.82, 2.24) is 15.0 Å². The van der Waals surface area contributed by atoms with Gasteiger partial charge < -0.3 is 0 Å². The fraction of sp³-hybridized carbons (Fsp3) is 0.600. The Bertz CT molecular complexity index is 429. The van der Waals surface area contributed by atoms with Gasteiger partial charge in [-0.25, -0.2) is 5.06 Å². The molecule has 1 rings (SSSR count). The third-order valence-corrected chi connectivity index (χ3v) is 2.38. The first-order valence-electron chi connectivity index (χ1n) is 5.47. The van der Waals surface area contributed by atoms with Crippen LogP contribution >= 0.6 is 11.6 Å². The minimum absolute atomic E-state index is 0.0150. The third kappa shape index (κ3) is 3.51. The van der Waals surface area contributed by atoms with Gasteiger partial charge in [-0.3, -0.25) is 14.5 Å². The van der Waals surface area contributed by atoms with Crippen molar-refractivity contribution >= 4 is 29.4 Å². The van der Waals surface area contributed by atoms with E-state index >= 15 is 0 Å². The summed E-state index contributed by atoms with van der Waals surface area (Å²) in [5.74, 6) is 0.322. The zero-order valence-corrected chi connectivity index (χ0v) is 11.6. The molecule has 18 heavy (non-hydrogen) atoms. The first kappa shape index (κ1) is 14.6. The van der Waals surface area contributed by atoms with Crippen LogP contribution in [0, 0.1) is 0 Å². The molecule has 0 spiro atoms. The molecule has 0 aliphatic carbocycles. The van der Waals surface area contributed by atoms with Crippen molar-refractivity contribution in [3.8, 4) is 0 Å². The van der Waals surface area contributed by atoms with Crippen LogP contribution in [0.3, 0.4) is 0 Å². The van der Waals surface area contributed by atoms with Gasteiger partial charge >= 0.3 is 0 Å². The number of halogens is 1. The lowest BCUT2D eigenvalue weighted by molar-refractivity contribution is -0.116. The van der Waals surface area contributed by atoms with Gasteiger partial charge in [-0.15, -0.1) is 0 Å². The van der Waals surface area contributed by atoms with Gasteiger partial charge in [0.05, 0.1) is 7.11 Å². The van der Waals surface area contributed by atoms with E-state index in [4.69, 9.17) is 16.4 Å². The number of hydrogen-bond acceptors (Lipinski definition) is 6. The molecule has 0 saturated carbocycles. The van der Waals surface area contributed by atoms with Crippen molar-refractivity contribution in [3.63, 3.8) is 0 Å². The van der Waals surface area contributed by atoms with E-state index in [1.54, 1.807) is 7.05 Å². The molecule has 8 heteroatoms. The van der Waals surface area contributed by atoms with Crippen molar-refractivity contribution < 1.29 is 9.63 Å². The van der Waals surface area contributed by atoms with E-state index in [0.29, 0.717) is 6.54 Å². The Balaban J connectivity index is 3.14. The molecule has 0 radical (unpaired) electrons. The molecule has 1 aromatic heterocycles. The number of aromatic nitrogens is 3. The number of rotatable bonds is 5. The van der Waals surface area contributed by atoms with Gasteiger partial charge in [0.15, 0.2) is 0 Å². The molecule has 0 atom stereocenters. The van der Waals surface area contributed by atoms with Crippen molar-refractivity contribution in [2.45, 2.75) is 20.3 Å². The van der Waals surface area contributed by atoms with Crippen LogP contribution in [0.4, 0.5) is 11.9 Å². The zero-order chi connectivity index (χ0) is 13.7. The Morgan fingerprint density at radius 2 is 1.94 bits per heavy atom. The smallest absolute Gasteiger partial charge is 0.255 e. The lowest BCUT2D eigenvalue weighted by Gasteiger charge is -2.20. The van der Waals surface area contributed by atoms with Crippen LogP contribution in [0.15, 0.2) is 0 Å². The predicted molar refractivity (Wildman–Crippen MR) is 68.6 cm³/mol. The molecule has 0 unspecified atom stereocenters. The average Bonchev–Trinajstić information content (AvgIpc) is 2.33. The summed E-state index contributed by atoms with van der Waals surface area (Å²) in [5.41, 5.74) is 0. The summed E-state index contributed by atoms with van der Waals surface area (Å²) in [6.07, 6.45) is 0.790. The van der Waals surface area contributed by atoms with Crippen LogP contribution in [-0.4, -0.2) is 41.6 Å². The highest BCUT2D eigenvalue weighted by Crippen LogP contribution is 2.16. The molecule has 0 bridgehead atoms. The van der Waals surface area contributed by atoms with Gasteiger partial charge in [0.2, 0.25) is 17.1 Å². The van der Waals surface area contributed by atoms with Crippen LogP contribution < -0.4 is 9.96 Å². The van der Waals surface area contributed by atoms with Gasteiger partial charge in [-0.2, -0.15) is 15.0 Å². The number of amides is 1. The predicted octanol–water partition coefficient (Wildman–Crippen LogP) is 1.29. The van der Waals surface area contributed by atoms with Crippen molar-refractivity contribution in [3.05, 3.63) is 5.28 Å². The number of carbonyl (C=O) groups excluding carboxylic acids is 1. The average molecular weight is 274 g/mol. The molecule has 0 saturated heterocycles. The Hall–Kier alpha value is -1.47. The maximum atomic E-state index is 11.5. The summed E-state index contributed by atoms with van der Waals surface area (Å²) in [7, 11) is 3.11. The summed E-state index contributed by atoms with van der Waals surface area (Å²) in [4.78, 5) is 30.0. The molecular weight excluding hydrogens is 258 g/mol. The van der Waals surface area contributed by atoms with Gasteiger partial charge in [-0.1, -0.05) is 6.92 Å². The Kier molecular flexibility index (Phi) is 5.24. The first-order chi connectivity index (χ1) is 8.49. The van der Waals surface area contributed by atoms with Crippen molar-refractivity contribution in [1.29, 1.82) is 0 Å². The minimum atomic E-state index is -0.148. The van der Waals surface area contributed by atoms with E-state index < -0.39 is 0 Å². The maximum absolute atomic E-state index is 11.5. The number of nitrogens with zero attached hydrogens (tertiary/aromatic N) is 5. The summed E-state index contributed by atoms with van der Waals surface area (Å²) in [6, 6.07) is 0. The second kappa shape index (κ2) is 6.46. The van der Waals surface area contributed by atoms with Crippen molar-refractivity contribution in [2.75, 3.05) is 30.7 Å². The largest absolute Gasteiger partial charge is 0.281 e. The second-order valence-electron chi connectivity index (χ2n) is 3.56. The van der Waals surface area contributed by atoms with E-state index in [1.807, 2.05) is 6.92 Å². The van der Waals surface area contributed by atoms with Crippen LogP contribution in [0.5, 0.6) is 0 Å². The second-order valence-corrected chi connectivity index (χ2v) is 3.89. The molecule has 1 heterocycles. The summed E-state index contributed by atoms with van der Waals surface area (Å²) < 4.78 is 0. The molecule has 0 aliphatic rings. The standard InChI is InChI=1S/C10H16ClN5O2/c1-5-6-16(7(2)17)10-13-8(11)12-9(14-10)15(3)18-4/h5-6H2,1-4H3. The maximum Gasteiger partial charge on any atom is 0.255 e. The molecule has 0 N–H and O–H groups in total. The van der Waals surface area contributed by atoms with Crippen LogP contribution in [0.1, 0.15) is 20.3 Å². The Morgan fingerprint density at radius 3 is 2.44 bits per heavy atom. The molecular formula is C10H16ClN5O2. The van der Waals surface area contributed by atoms with Gasteiger partial charge in [0, 0.05) is 20.5 Å². The summed E-state index contributed by atoms with van der Waals surface area (Å²) in [6.45, 7) is 3.93. The fourth-order valence-electron chi connectivity index (χ4n) is 1.29. The Labute approximate surface area is 111 Å². The molecule has 7 nitrogen and oxygen atoms in total. The molecule has 100 valence electrons. The van der Waals surface area contributed by atoms with E-state index in [0.717, 1.165) is 6.42 Å². The van der Waals surface area contributed by atoms with E-state index in [9.17, 15) is 4.79 Å². The Morgan fingerprint density at radius 1 is 1.33 bits per heavy atom. The highest BCUT2D eigenvalue weighted by atomic mass is 35.5. The number of hydroxylamine groups is 1. The van der Waals surface area contributed by atoms with Crippen LogP contribution in [-0.2, 0) is 9.63 Å². The zero-order valence-electron chi connectivity index (χ0n) is 10.8. The van der Waals surface area contributed by atoms with Gasteiger partial charge in [0.25, 0.3) is 5.95 Å². The molecule has 0 fully saturated rings. The quantitative estimate of drug-likeness (QED) is 0.753. The molecule has 0 aliphatic heterocycles. The van der Waals surface area contributed by atoms with Gasteiger partial charge in [0.1, 0.15) is 0 Å². The third-order valence-electron chi connectivity index (χ3n) is 2.21. The number of carbonyl (C=O) groups is 1. The summed E-state index contributed by atoms with van der Waals surface area (Å²) >= 11 is 5.82. The number of anilines is 2. The van der Waals surface area contributed by atoms with E-state index in [-0.39, 0.29) is 23.1 Å². The fourth-order valence-corrected chi connectivity index (χ4v) is 1.45. The molecule has 1 aromatic rings. The van der Waals surface area contributed by atoms with E-state index in [2.05, 4.69) is 15.0 Å². The number of hydrogen-bond donors (Lipinski definition) is 0. The lowest BCUT2D eigenvalue weighted by atomic mass is 10.4. The first-order valence-corrected chi connectivity index (χ1v) is 5.84. The highest BCUT2D eigenvalue weighted by molar-refractivity contribution is 6.28. The van der Waals surface area contributed by atoms with Crippen molar-refractivity contribution in [2.24, 2.45) is 0 Å². The lowest BCUT2D eigenvalue weighted by Crippen LogP contribution is -2.32. The summed E-state index contributed by atoms with van der Waals surface area (Å²) in [5, 5.41) is 1.35. The van der Waals surface area contributed by atoms with E-state index in [1.165, 1.54) is 24.0 Å². The van der Waals surface area contributed by atoms with Crippen LogP contribution in [0.25, 0.3) is 0 Å². The SMILES string of the molecule is CCCN(C(C)=O)c1nc(Cl)nc(N(C)OC)n1. The molecule has 0 aromatic carbocycles. The monoisotopic (exact) mass is 273 g/mol. The normalized spacial score (nSPS) is 10.3. The van der Waals surface area contributed by atoms with Crippen LogP contribution in [0.2, 0.25) is 5.28 Å². The highest BCUT2D eigenvalue weighted by Gasteiger charge is 2.17.